The highest BCUT2D eigenvalue weighted by Crippen LogP contribution is 2.17. The molecule has 2 N–H and O–H groups in total. The van der Waals surface area contributed by atoms with Crippen LogP contribution in [0.3, 0.4) is 0 Å². The van der Waals surface area contributed by atoms with Crippen molar-refractivity contribution in [3.8, 4) is 0 Å². The molecule has 6 nitrogen and oxygen atoms in total. The first-order chi connectivity index (χ1) is 8.65. The van der Waals surface area contributed by atoms with Crippen molar-refractivity contribution in [2.75, 3.05) is 5.73 Å². The first-order valence-corrected chi connectivity index (χ1v) is 5.69. The molecule has 6 heteroatoms. The molecule has 3 rings (SSSR count). The van der Waals surface area contributed by atoms with Crippen molar-refractivity contribution in [3.05, 3.63) is 36.0 Å². The zero-order valence-corrected chi connectivity index (χ0v) is 10.3. The molecule has 3 aromatic rings. The Morgan fingerprint density at radius 1 is 1.33 bits per heavy atom. The van der Waals surface area contributed by atoms with Crippen molar-refractivity contribution in [1.29, 1.82) is 0 Å². The summed E-state index contributed by atoms with van der Waals surface area (Å²) in [5, 5.41) is 0. The minimum atomic E-state index is 0.464. The number of hydrogen-bond acceptors (Lipinski definition) is 4. The fourth-order valence-corrected chi connectivity index (χ4v) is 1.98. The molecule has 0 fully saturated rings. The Bertz CT molecular complexity index is 709. The lowest BCUT2D eigenvalue weighted by Crippen LogP contribution is -2.09. The van der Waals surface area contributed by atoms with E-state index in [4.69, 9.17) is 5.73 Å². The SMILES string of the molecule is Cc1cnc2c(c1)nc(N)n2Cc1nccn1C. The molecule has 0 saturated heterocycles. The van der Waals surface area contributed by atoms with Gasteiger partial charge in [-0.3, -0.25) is 4.57 Å². The second kappa shape index (κ2) is 3.83. The zero-order chi connectivity index (χ0) is 12.7. The van der Waals surface area contributed by atoms with Crippen LogP contribution in [0.25, 0.3) is 11.2 Å². The second-order valence-corrected chi connectivity index (χ2v) is 4.37. The van der Waals surface area contributed by atoms with Gasteiger partial charge in [0.1, 0.15) is 11.3 Å². The predicted octanol–water partition coefficient (Wildman–Crippen LogP) is 1.10. The number of pyridine rings is 1. The quantitative estimate of drug-likeness (QED) is 0.730. The van der Waals surface area contributed by atoms with Crippen LogP contribution in [0.2, 0.25) is 0 Å². The molecule has 0 aliphatic rings. The number of aromatic nitrogens is 5. The van der Waals surface area contributed by atoms with Crippen LogP contribution >= 0.6 is 0 Å². The van der Waals surface area contributed by atoms with Gasteiger partial charge in [-0.05, 0) is 18.6 Å². The van der Waals surface area contributed by atoms with E-state index in [9.17, 15) is 0 Å². The van der Waals surface area contributed by atoms with Crippen LogP contribution in [0.1, 0.15) is 11.4 Å². The molecule has 0 saturated carbocycles. The van der Waals surface area contributed by atoms with Gasteiger partial charge in [0.2, 0.25) is 5.95 Å². The molecule has 0 spiro atoms. The molecular formula is C12H14N6. The largest absolute Gasteiger partial charge is 0.369 e. The fraction of sp³-hybridized carbons (Fsp3) is 0.250. The van der Waals surface area contributed by atoms with E-state index in [-0.39, 0.29) is 0 Å². The van der Waals surface area contributed by atoms with Crippen LogP contribution in [-0.2, 0) is 13.6 Å². The lowest BCUT2D eigenvalue weighted by molar-refractivity contribution is 0.716. The number of aryl methyl sites for hydroxylation is 2. The van der Waals surface area contributed by atoms with E-state index in [1.165, 1.54) is 0 Å². The highest BCUT2D eigenvalue weighted by atomic mass is 15.2. The van der Waals surface area contributed by atoms with E-state index >= 15 is 0 Å². The fourth-order valence-electron chi connectivity index (χ4n) is 1.98. The summed E-state index contributed by atoms with van der Waals surface area (Å²) in [5.74, 6) is 1.38. The van der Waals surface area contributed by atoms with Crippen LogP contribution in [0, 0.1) is 6.92 Å². The smallest absolute Gasteiger partial charge is 0.202 e. The van der Waals surface area contributed by atoms with Crippen molar-refractivity contribution in [1.82, 2.24) is 24.1 Å². The monoisotopic (exact) mass is 242 g/mol. The summed E-state index contributed by atoms with van der Waals surface area (Å²) in [6, 6.07) is 1.98. The third-order valence-electron chi connectivity index (χ3n) is 2.97. The summed E-state index contributed by atoms with van der Waals surface area (Å²) < 4.78 is 3.83. The van der Waals surface area contributed by atoms with Crippen molar-refractivity contribution in [2.45, 2.75) is 13.5 Å². The van der Waals surface area contributed by atoms with Gasteiger partial charge in [0.15, 0.2) is 5.65 Å². The molecule has 18 heavy (non-hydrogen) atoms. The minimum absolute atomic E-state index is 0.464. The van der Waals surface area contributed by atoms with E-state index in [0.29, 0.717) is 12.5 Å². The Balaban J connectivity index is 2.11. The highest BCUT2D eigenvalue weighted by molar-refractivity contribution is 5.74. The maximum atomic E-state index is 5.94. The molecule has 0 aliphatic carbocycles. The number of nitrogens with two attached hydrogens (primary N) is 1. The van der Waals surface area contributed by atoms with Crippen molar-refractivity contribution < 1.29 is 0 Å². The summed E-state index contributed by atoms with van der Waals surface area (Å²) in [6.45, 7) is 2.56. The lowest BCUT2D eigenvalue weighted by atomic mass is 10.3. The van der Waals surface area contributed by atoms with Crippen molar-refractivity contribution >= 4 is 17.1 Å². The highest BCUT2D eigenvalue weighted by Gasteiger charge is 2.11. The first kappa shape index (κ1) is 10.8. The van der Waals surface area contributed by atoms with Crippen LogP contribution in [-0.4, -0.2) is 24.1 Å². The van der Waals surface area contributed by atoms with Crippen LogP contribution in [0.5, 0.6) is 0 Å². The van der Waals surface area contributed by atoms with Crippen molar-refractivity contribution in [3.63, 3.8) is 0 Å². The van der Waals surface area contributed by atoms with Crippen LogP contribution in [0.15, 0.2) is 24.7 Å². The van der Waals surface area contributed by atoms with E-state index < -0.39 is 0 Å². The summed E-state index contributed by atoms with van der Waals surface area (Å²) in [7, 11) is 1.95. The maximum absolute atomic E-state index is 5.94. The molecule has 0 atom stereocenters. The third-order valence-corrected chi connectivity index (χ3v) is 2.97. The number of nitrogen functional groups attached to an aromatic ring is 1. The number of anilines is 1. The number of imidazole rings is 2. The van der Waals surface area contributed by atoms with Gasteiger partial charge in [0, 0.05) is 25.6 Å². The van der Waals surface area contributed by atoms with E-state index in [1.54, 1.807) is 6.20 Å². The predicted molar refractivity (Wildman–Crippen MR) is 69.0 cm³/mol. The molecule has 3 heterocycles. The van der Waals surface area contributed by atoms with Crippen LogP contribution in [0.4, 0.5) is 5.95 Å². The van der Waals surface area contributed by atoms with E-state index in [1.807, 2.05) is 41.6 Å². The minimum Gasteiger partial charge on any atom is -0.369 e. The molecule has 0 aromatic carbocycles. The number of nitrogens with zero attached hydrogens (tertiary/aromatic N) is 5. The van der Waals surface area contributed by atoms with Gasteiger partial charge in [-0.15, -0.1) is 0 Å². The van der Waals surface area contributed by atoms with Gasteiger partial charge in [0.05, 0.1) is 6.54 Å². The standard InChI is InChI=1S/C12H14N6/c1-8-5-9-11(15-6-8)18(12(13)16-9)7-10-14-3-4-17(10)2/h3-6H,7H2,1-2H3,(H2,13,16). The Hall–Kier alpha value is -2.37. The normalized spacial score (nSPS) is 11.2. The first-order valence-electron chi connectivity index (χ1n) is 5.69. The molecule has 0 aliphatic heterocycles. The van der Waals surface area contributed by atoms with E-state index in [0.717, 1.165) is 22.6 Å². The Morgan fingerprint density at radius 3 is 2.89 bits per heavy atom. The molecular weight excluding hydrogens is 228 g/mol. The van der Waals surface area contributed by atoms with Gasteiger partial charge >= 0.3 is 0 Å². The summed E-state index contributed by atoms with van der Waals surface area (Å²) >= 11 is 0. The molecule has 0 bridgehead atoms. The van der Waals surface area contributed by atoms with E-state index in [2.05, 4.69) is 15.0 Å². The Kier molecular flexibility index (Phi) is 2.29. The summed E-state index contributed by atoms with van der Waals surface area (Å²) in [4.78, 5) is 13.0. The summed E-state index contributed by atoms with van der Waals surface area (Å²) in [6.07, 6.45) is 5.49. The Morgan fingerprint density at radius 2 is 2.17 bits per heavy atom. The van der Waals surface area contributed by atoms with Gasteiger partial charge < -0.3 is 10.3 Å². The zero-order valence-electron chi connectivity index (χ0n) is 10.3. The molecule has 92 valence electrons. The number of fused-ring (bicyclic) bond motifs is 1. The number of rotatable bonds is 2. The molecule has 3 aromatic heterocycles. The molecule has 0 radical (unpaired) electrons. The van der Waals surface area contributed by atoms with Gasteiger partial charge in [-0.1, -0.05) is 0 Å². The second-order valence-electron chi connectivity index (χ2n) is 4.37. The topological polar surface area (TPSA) is 74.6 Å². The van der Waals surface area contributed by atoms with Gasteiger partial charge in [0.25, 0.3) is 0 Å². The Labute approximate surface area is 104 Å². The average molecular weight is 242 g/mol. The lowest BCUT2D eigenvalue weighted by Gasteiger charge is -2.05. The average Bonchev–Trinajstić information content (AvgIpc) is 2.85. The third kappa shape index (κ3) is 1.62. The number of hydrogen-bond donors (Lipinski definition) is 1. The van der Waals surface area contributed by atoms with Gasteiger partial charge in [-0.25, -0.2) is 15.0 Å². The summed E-state index contributed by atoms with van der Waals surface area (Å²) in [5.41, 5.74) is 8.63. The molecule has 0 unspecified atom stereocenters. The van der Waals surface area contributed by atoms with Gasteiger partial charge in [-0.2, -0.15) is 0 Å². The maximum Gasteiger partial charge on any atom is 0.202 e. The van der Waals surface area contributed by atoms with Crippen LogP contribution < -0.4 is 5.73 Å². The molecule has 0 amide bonds. The van der Waals surface area contributed by atoms with Crippen molar-refractivity contribution in [2.24, 2.45) is 7.05 Å².